The first-order valence-corrected chi connectivity index (χ1v) is 10.5. The van der Waals surface area contributed by atoms with Crippen molar-refractivity contribution in [1.29, 1.82) is 0 Å². The molecule has 0 aliphatic carbocycles. The maximum absolute atomic E-state index is 12.6. The summed E-state index contributed by atoms with van der Waals surface area (Å²) in [6.45, 7) is 1.38. The van der Waals surface area contributed by atoms with Crippen molar-refractivity contribution in [1.82, 2.24) is 10.1 Å². The zero-order chi connectivity index (χ0) is 19.3. The van der Waals surface area contributed by atoms with E-state index in [0.29, 0.717) is 19.6 Å². The van der Waals surface area contributed by atoms with Crippen LogP contribution in [0.2, 0.25) is 0 Å². The van der Waals surface area contributed by atoms with Gasteiger partial charge in [-0.1, -0.05) is 35.5 Å². The Morgan fingerprint density at radius 1 is 1.29 bits per heavy atom. The molecule has 1 aromatic carbocycles. The number of aryl methyl sites for hydroxylation is 1. The Balaban J connectivity index is 1.25. The normalized spacial score (nSPS) is 16.0. The van der Waals surface area contributed by atoms with Gasteiger partial charge in [0.2, 0.25) is 5.91 Å². The standard InChI is InChI=1S/C22H24N2O3S/c1-24(21(25)15-20-22-17(9-12-26-20)10-13-28-22)11-5-8-18-14-19(23-27-18)16-6-3-2-4-7-16/h2-4,6-7,10,13-14,20H,5,8-9,11-12,15H2,1H3. The third-order valence-corrected chi connectivity index (χ3v) is 6.15. The minimum Gasteiger partial charge on any atom is -0.372 e. The molecule has 3 aromatic rings. The van der Waals surface area contributed by atoms with E-state index in [9.17, 15) is 4.79 Å². The molecule has 28 heavy (non-hydrogen) atoms. The first-order chi connectivity index (χ1) is 13.7. The molecule has 0 N–H and O–H groups in total. The van der Waals surface area contributed by atoms with E-state index in [1.165, 1.54) is 10.4 Å². The molecular formula is C22H24N2O3S. The number of carbonyl (C=O) groups excluding carboxylic acids is 1. The number of amides is 1. The summed E-state index contributed by atoms with van der Waals surface area (Å²) in [5.74, 6) is 0.965. The number of fused-ring (bicyclic) bond motifs is 1. The minimum absolute atomic E-state index is 0.0959. The van der Waals surface area contributed by atoms with Crippen molar-refractivity contribution in [2.45, 2.75) is 31.8 Å². The van der Waals surface area contributed by atoms with Gasteiger partial charge in [-0.25, -0.2) is 0 Å². The average Bonchev–Trinajstić information content (AvgIpc) is 3.38. The molecule has 0 radical (unpaired) electrons. The van der Waals surface area contributed by atoms with Gasteiger partial charge in [-0.2, -0.15) is 0 Å². The van der Waals surface area contributed by atoms with Gasteiger partial charge in [0.05, 0.1) is 13.0 Å². The van der Waals surface area contributed by atoms with Gasteiger partial charge in [0.25, 0.3) is 0 Å². The van der Waals surface area contributed by atoms with Crippen LogP contribution in [0.1, 0.15) is 35.1 Å². The monoisotopic (exact) mass is 396 g/mol. The van der Waals surface area contributed by atoms with E-state index in [1.807, 2.05) is 43.4 Å². The van der Waals surface area contributed by atoms with Gasteiger partial charge in [0, 0.05) is 36.5 Å². The lowest BCUT2D eigenvalue weighted by Crippen LogP contribution is -2.30. The van der Waals surface area contributed by atoms with Crippen LogP contribution in [0.5, 0.6) is 0 Å². The SMILES string of the molecule is CN(CCCc1cc(-c2ccccc2)no1)C(=O)CC1OCCc2ccsc21. The van der Waals surface area contributed by atoms with Crippen LogP contribution in [0.25, 0.3) is 11.3 Å². The number of hydrogen-bond acceptors (Lipinski definition) is 5. The fraction of sp³-hybridized carbons (Fsp3) is 0.364. The van der Waals surface area contributed by atoms with Crippen LogP contribution in [0.15, 0.2) is 52.4 Å². The third kappa shape index (κ3) is 4.34. The summed E-state index contributed by atoms with van der Waals surface area (Å²) in [7, 11) is 1.86. The molecule has 6 heteroatoms. The summed E-state index contributed by atoms with van der Waals surface area (Å²) in [4.78, 5) is 15.6. The summed E-state index contributed by atoms with van der Waals surface area (Å²) in [5.41, 5.74) is 3.22. The highest BCUT2D eigenvalue weighted by molar-refractivity contribution is 7.10. The zero-order valence-corrected chi connectivity index (χ0v) is 16.8. The number of thiophene rings is 1. The molecule has 1 aliphatic rings. The number of nitrogens with zero attached hydrogens (tertiary/aromatic N) is 2. The fourth-order valence-corrected chi connectivity index (χ4v) is 4.48. The summed E-state index contributed by atoms with van der Waals surface area (Å²) in [6.07, 6.45) is 2.85. The third-order valence-electron chi connectivity index (χ3n) is 5.09. The molecule has 0 fully saturated rings. The number of carbonyl (C=O) groups is 1. The molecule has 0 spiro atoms. The van der Waals surface area contributed by atoms with E-state index in [1.54, 1.807) is 16.2 Å². The molecule has 1 unspecified atom stereocenters. The Labute approximate surface area is 168 Å². The van der Waals surface area contributed by atoms with Gasteiger partial charge < -0.3 is 14.2 Å². The number of rotatable bonds is 7. The van der Waals surface area contributed by atoms with Crippen LogP contribution in [-0.4, -0.2) is 36.2 Å². The Morgan fingerprint density at radius 2 is 2.14 bits per heavy atom. The predicted octanol–water partition coefficient (Wildman–Crippen LogP) is 4.50. The van der Waals surface area contributed by atoms with Gasteiger partial charge in [-0.3, -0.25) is 4.79 Å². The number of benzene rings is 1. The summed E-state index contributed by atoms with van der Waals surface area (Å²) in [5, 5.41) is 6.23. The Bertz CT molecular complexity index is 919. The van der Waals surface area contributed by atoms with Crippen LogP contribution >= 0.6 is 11.3 Å². The first-order valence-electron chi connectivity index (χ1n) is 9.63. The lowest BCUT2D eigenvalue weighted by Gasteiger charge is -2.25. The Morgan fingerprint density at radius 3 is 3.00 bits per heavy atom. The second-order valence-corrected chi connectivity index (χ2v) is 8.03. The van der Waals surface area contributed by atoms with Crippen LogP contribution in [0.3, 0.4) is 0 Å². The maximum Gasteiger partial charge on any atom is 0.225 e. The van der Waals surface area contributed by atoms with Crippen molar-refractivity contribution in [3.05, 3.63) is 64.0 Å². The van der Waals surface area contributed by atoms with Gasteiger partial charge in [-0.05, 0) is 29.9 Å². The van der Waals surface area contributed by atoms with Crippen LogP contribution in [0, 0.1) is 0 Å². The van der Waals surface area contributed by atoms with E-state index in [-0.39, 0.29) is 12.0 Å². The molecule has 3 heterocycles. The highest BCUT2D eigenvalue weighted by atomic mass is 32.1. The molecule has 2 aromatic heterocycles. The van der Waals surface area contributed by atoms with Gasteiger partial charge in [-0.15, -0.1) is 11.3 Å². The van der Waals surface area contributed by atoms with Gasteiger partial charge in [0.15, 0.2) is 0 Å². The van der Waals surface area contributed by atoms with Crippen molar-refractivity contribution >= 4 is 17.2 Å². The highest BCUT2D eigenvalue weighted by Gasteiger charge is 2.25. The van der Waals surface area contributed by atoms with Crippen molar-refractivity contribution < 1.29 is 14.1 Å². The maximum atomic E-state index is 12.6. The summed E-state index contributed by atoms with van der Waals surface area (Å²) < 4.78 is 11.3. The lowest BCUT2D eigenvalue weighted by atomic mass is 10.1. The predicted molar refractivity (Wildman–Crippen MR) is 109 cm³/mol. The Hall–Kier alpha value is -2.44. The first kappa shape index (κ1) is 18.9. The second kappa shape index (κ2) is 8.71. The molecule has 4 rings (SSSR count). The zero-order valence-electron chi connectivity index (χ0n) is 16.0. The molecule has 0 bridgehead atoms. The largest absolute Gasteiger partial charge is 0.372 e. The minimum atomic E-state index is -0.0959. The molecule has 1 atom stereocenters. The van der Waals surface area contributed by atoms with Gasteiger partial charge in [0.1, 0.15) is 17.6 Å². The second-order valence-electron chi connectivity index (χ2n) is 7.09. The molecule has 1 aliphatic heterocycles. The van der Waals surface area contributed by atoms with E-state index in [0.717, 1.165) is 36.3 Å². The molecular weight excluding hydrogens is 372 g/mol. The van der Waals surface area contributed by atoms with E-state index in [2.05, 4.69) is 16.6 Å². The van der Waals surface area contributed by atoms with Crippen molar-refractivity contribution in [3.63, 3.8) is 0 Å². The van der Waals surface area contributed by atoms with Crippen molar-refractivity contribution in [2.24, 2.45) is 0 Å². The van der Waals surface area contributed by atoms with Crippen LogP contribution < -0.4 is 0 Å². The molecule has 1 amide bonds. The Kier molecular flexibility index (Phi) is 5.88. The van der Waals surface area contributed by atoms with Crippen LogP contribution in [0.4, 0.5) is 0 Å². The molecule has 0 saturated heterocycles. The summed E-state index contributed by atoms with van der Waals surface area (Å²) >= 11 is 1.69. The van der Waals surface area contributed by atoms with E-state index >= 15 is 0 Å². The van der Waals surface area contributed by atoms with E-state index < -0.39 is 0 Å². The highest BCUT2D eigenvalue weighted by Crippen LogP contribution is 2.34. The van der Waals surface area contributed by atoms with Gasteiger partial charge >= 0.3 is 0 Å². The number of ether oxygens (including phenoxy) is 1. The fourth-order valence-electron chi connectivity index (χ4n) is 3.48. The van der Waals surface area contributed by atoms with Crippen molar-refractivity contribution in [2.75, 3.05) is 20.2 Å². The number of aromatic nitrogens is 1. The van der Waals surface area contributed by atoms with E-state index in [4.69, 9.17) is 9.26 Å². The van der Waals surface area contributed by atoms with Crippen LogP contribution in [-0.2, 0) is 22.4 Å². The average molecular weight is 397 g/mol. The number of hydrogen-bond donors (Lipinski definition) is 0. The summed E-state index contributed by atoms with van der Waals surface area (Å²) in [6, 6.07) is 14.1. The molecule has 0 saturated carbocycles. The quantitative estimate of drug-likeness (QED) is 0.590. The smallest absolute Gasteiger partial charge is 0.225 e. The lowest BCUT2D eigenvalue weighted by molar-refractivity contribution is -0.133. The topological polar surface area (TPSA) is 55.6 Å². The molecule has 5 nitrogen and oxygen atoms in total. The van der Waals surface area contributed by atoms with Crippen molar-refractivity contribution in [3.8, 4) is 11.3 Å². The molecule has 146 valence electrons.